The summed E-state index contributed by atoms with van der Waals surface area (Å²) < 4.78 is 38.4. The van der Waals surface area contributed by atoms with Gasteiger partial charge in [0, 0.05) is 6.07 Å². The van der Waals surface area contributed by atoms with Crippen LogP contribution in [0.25, 0.3) is 0 Å². The topological polar surface area (TPSA) is 65.7 Å². The molecular weight excluding hydrogens is 352 g/mol. The van der Waals surface area contributed by atoms with Crippen molar-refractivity contribution in [3.8, 4) is 5.95 Å². The molecule has 0 amide bonds. The van der Waals surface area contributed by atoms with Gasteiger partial charge in [0.25, 0.3) is 0 Å². The first-order valence-corrected chi connectivity index (χ1v) is 11.9. The van der Waals surface area contributed by atoms with Gasteiger partial charge in [-0.25, -0.2) is 0 Å². The Labute approximate surface area is 159 Å². The quantitative estimate of drug-likeness (QED) is 0.263. The summed E-state index contributed by atoms with van der Waals surface area (Å²) in [6.07, 6.45) is 14.6. The Kier molecular flexibility index (Phi) is 11.7. The maximum atomic E-state index is 11.1. The van der Waals surface area contributed by atoms with Crippen LogP contribution in [0.1, 0.15) is 90.2 Å². The van der Waals surface area contributed by atoms with Crippen molar-refractivity contribution >= 4 is 10.1 Å². The smallest absolute Gasteiger partial charge is 0.308 e. The Morgan fingerprint density at radius 2 is 1.50 bits per heavy atom. The van der Waals surface area contributed by atoms with E-state index in [0.717, 1.165) is 19.1 Å². The molecule has 5 nitrogen and oxygen atoms in total. The second kappa shape index (κ2) is 13.2. The Balaban J connectivity index is 2.42. The number of hydrogen-bond donors (Lipinski definition) is 0. The van der Waals surface area contributed by atoms with Crippen LogP contribution >= 0.6 is 0 Å². The highest BCUT2D eigenvalue weighted by molar-refractivity contribution is 7.86. The minimum atomic E-state index is -3.57. The van der Waals surface area contributed by atoms with Crippen molar-refractivity contribution in [2.45, 2.75) is 97.2 Å². The molecule has 1 atom stereocenters. The molecule has 0 bridgehead atoms. The Hall–Kier alpha value is -1.01. The third kappa shape index (κ3) is 11.6. The molecule has 0 N–H and O–H groups in total. The van der Waals surface area contributed by atoms with Crippen molar-refractivity contribution in [1.82, 2.24) is 0 Å². The summed E-state index contributed by atoms with van der Waals surface area (Å²) in [5.74, 6) is 0.582. The van der Waals surface area contributed by atoms with E-state index < -0.39 is 10.1 Å². The maximum absolute atomic E-state index is 11.1. The van der Waals surface area contributed by atoms with Crippen LogP contribution in [0.2, 0.25) is 0 Å². The summed E-state index contributed by atoms with van der Waals surface area (Å²) in [7, 11) is -3.57. The van der Waals surface area contributed by atoms with Gasteiger partial charge in [-0.2, -0.15) is 8.42 Å². The summed E-state index contributed by atoms with van der Waals surface area (Å²) in [6, 6.07) is 3.22. The van der Waals surface area contributed by atoms with Crippen molar-refractivity contribution in [1.29, 1.82) is 0 Å². The molecule has 0 radical (unpaired) electrons. The Morgan fingerprint density at radius 1 is 0.923 bits per heavy atom. The molecule has 152 valence electrons. The van der Waals surface area contributed by atoms with E-state index in [9.17, 15) is 8.42 Å². The first-order chi connectivity index (χ1) is 12.4. The molecule has 0 spiro atoms. The van der Waals surface area contributed by atoms with Crippen molar-refractivity contribution in [3.05, 3.63) is 17.9 Å². The van der Waals surface area contributed by atoms with Gasteiger partial charge < -0.3 is 13.3 Å². The van der Waals surface area contributed by atoms with Gasteiger partial charge in [0.05, 0.1) is 12.4 Å². The van der Waals surface area contributed by atoms with Crippen LogP contribution in [0, 0.1) is 0 Å². The van der Waals surface area contributed by atoms with Crippen LogP contribution in [0.3, 0.4) is 0 Å². The minimum absolute atomic E-state index is 0.00911. The van der Waals surface area contributed by atoms with E-state index in [0.29, 0.717) is 12.4 Å². The molecule has 1 aromatic rings. The van der Waals surface area contributed by atoms with Gasteiger partial charge in [-0.3, -0.25) is 0 Å². The summed E-state index contributed by atoms with van der Waals surface area (Å²) >= 11 is 0. The molecule has 0 aromatic carbocycles. The van der Waals surface area contributed by atoms with Crippen molar-refractivity contribution in [3.63, 3.8) is 0 Å². The summed E-state index contributed by atoms with van der Waals surface area (Å²) in [6.45, 7) is 4.79. The molecule has 26 heavy (non-hydrogen) atoms. The predicted molar refractivity (Wildman–Crippen MR) is 105 cm³/mol. The highest BCUT2D eigenvalue weighted by Crippen LogP contribution is 2.21. The van der Waals surface area contributed by atoms with Crippen LogP contribution in [-0.4, -0.2) is 20.8 Å². The van der Waals surface area contributed by atoms with Gasteiger partial charge in [-0.05, 0) is 18.9 Å². The molecule has 0 aliphatic heterocycles. The molecule has 1 rings (SSSR count). The SMILES string of the molecule is CCCCCCCC(CCCCCC)OCc1ccc(OS(C)(=O)=O)o1. The lowest BCUT2D eigenvalue weighted by Gasteiger charge is -2.17. The normalized spacial score (nSPS) is 13.0. The van der Waals surface area contributed by atoms with E-state index in [2.05, 4.69) is 13.8 Å². The van der Waals surface area contributed by atoms with Crippen LogP contribution in [0.4, 0.5) is 0 Å². The van der Waals surface area contributed by atoms with Gasteiger partial charge in [0.2, 0.25) is 0 Å². The molecular formula is C20H36O5S. The molecule has 1 aromatic heterocycles. The zero-order valence-corrected chi connectivity index (χ0v) is 17.5. The lowest BCUT2D eigenvalue weighted by Crippen LogP contribution is -2.13. The van der Waals surface area contributed by atoms with Crippen LogP contribution in [-0.2, 0) is 21.5 Å². The fourth-order valence-corrected chi connectivity index (χ4v) is 3.30. The Morgan fingerprint density at radius 3 is 2.08 bits per heavy atom. The summed E-state index contributed by atoms with van der Waals surface area (Å²) in [5, 5.41) is 0. The standard InChI is InChI=1S/C20H36O5S/c1-4-6-8-10-12-14-18(13-11-9-7-5-2)23-17-19-15-16-20(24-19)25-26(3,21)22/h15-16,18H,4-14,17H2,1-3H3. The number of hydrogen-bond acceptors (Lipinski definition) is 5. The summed E-state index contributed by atoms with van der Waals surface area (Å²) in [4.78, 5) is 0. The molecule has 0 fully saturated rings. The minimum Gasteiger partial charge on any atom is -0.427 e. The predicted octanol–water partition coefficient (Wildman–Crippen LogP) is 5.83. The highest BCUT2D eigenvalue weighted by Gasteiger charge is 2.13. The first-order valence-electron chi connectivity index (χ1n) is 10.0. The lowest BCUT2D eigenvalue weighted by molar-refractivity contribution is 0.0167. The van der Waals surface area contributed by atoms with E-state index in [4.69, 9.17) is 13.3 Å². The van der Waals surface area contributed by atoms with Crippen LogP contribution in [0.5, 0.6) is 5.95 Å². The average molecular weight is 389 g/mol. The molecule has 0 aliphatic carbocycles. The lowest BCUT2D eigenvalue weighted by atomic mass is 10.0. The number of ether oxygens (including phenoxy) is 1. The van der Waals surface area contributed by atoms with E-state index in [-0.39, 0.29) is 12.1 Å². The average Bonchev–Trinajstić information content (AvgIpc) is 3.01. The largest absolute Gasteiger partial charge is 0.427 e. The van der Waals surface area contributed by atoms with Gasteiger partial charge in [-0.1, -0.05) is 71.6 Å². The molecule has 0 saturated heterocycles. The zero-order chi connectivity index (χ0) is 19.3. The number of rotatable bonds is 16. The van der Waals surface area contributed by atoms with Gasteiger partial charge in [-0.15, -0.1) is 0 Å². The molecule has 0 saturated carbocycles. The molecule has 6 heteroatoms. The van der Waals surface area contributed by atoms with E-state index in [1.165, 1.54) is 63.9 Å². The first kappa shape index (κ1) is 23.0. The maximum Gasteiger partial charge on any atom is 0.308 e. The molecule has 1 unspecified atom stereocenters. The van der Waals surface area contributed by atoms with Crippen LogP contribution < -0.4 is 4.18 Å². The molecule has 1 heterocycles. The number of unbranched alkanes of at least 4 members (excludes halogenated alkanes) is 7. The van der Waals surface area contributed by atoms with Crippen molar-refractivity contribution in [2.24, 2.45) is 0 Å². The zero-order valence-electron chi connectivity index (χ0n) is 16.7. The second-order valence-electron chi connectivity index (χ2n) is 6.99. The van der Waals surface area contributed by atoms with Gasteiger partial charge >= 0.3 is 16.1 Å². The van der Waals surface area contributed by atoms with E-state index in [1.54, 1.807) is 6.07 Å². The fraction of sp³-hybridized carbons (Fsp3) is 0.800. The molecule has 0 aliphatic rings. The highest BCUT2D eigenvalue weighted by atomic mass is 32.2. The second-order valence-corrected chi connectivity index (χ2v) is 8.57. The van der Waals surface area contributed by atoms with E-state index >= 15 is 0 Å². The van der Waals surface area contributed by atoms with Crippen LogP contribution in [0.15, 0.2) is 16.5 Å². The van der Waals surface area contributed by atoms with Gasteiger partial charge in [0.1, 0.15) is 12.4 Å². The monoisotopic (exact) mass is 388 g/mol. The van der Waals surface area contributed by atoms with Crippen molar-refractivity contribution in [2.75, 3.05) is 6.26 Å². The third-order valence-electron chi connectivity index (χ3n) is 4.34. The fourth-order valence-electron chi connectivity index (χ4n) is 2.92. The van der Waals surface area contributed by atoms with E-state index in [1.807, 2.05) is 0 Å². The third-order valence-corrected chi connectivity index (χ3v) is 4.81. The van der Waals surface area contributed by atoms with Crippen molar-refractivity contribution < 1.29 is 21.8 Å². The van der Waals surface area contributed by atoms with Gasteiger partial charge in [0.15, 0.2) is 0 Å². The Bertz CT molecular complexity index is 565. The summed E-state index contributed by atoms with van der Waals surface area (Å²) in [5.41, 5.74) is 0. The number of furan rings is 1.